The van der Waals surface area contributed by atoms with Gasteiger partial charge in [-0.25, -0.2) is 18.5 Å². The number of fused-ring (bicyclic) bond motifs is 1. The lowest BCUT2D eigenvalue weighted by Crippen LogP contribution is -2.41. The van der Waals surface area contributed by atoms with Crippen molar-refractivity contribution in [3.8, 4) is 16.9 Å². The molecule has 0 saturated heterocycles. The standard InChI is InChI=1S/C25H20F5N3O3S/c26-24(27,25(28,29)30)13-36-16-8-5-14(6-9-16)18-12-19(18)23-32-20-10-7-15(11-21(20)33-23)17-3-1-2-4-22(17)37(31,34)35/h1-11,18-19H,12-13H2,(H,32,33)(H2,31,34,35). The molecule has 194 valence electrons. The maximum atomic E-state index is 13.1. The number of sulfonamides is 1. The van der Waals surface area contributed by atoms with E-state index in [0.717, 1.165) is 23.3 Å². The number of imidazole rings is 1. The molecule has 1 aromatic heterocycles. The van der Waals surface area contributed by atoms with Crippen LogP contribution in [-0.2, 0) is 10.0 Å². The molecule has 1 heterocycles. The van der Waals surface area contributed by atoms with Crippen LogP contribution in [0.3, 0.4) is 0 Å². The van der Waals surface area contributed by atoms with Crippen LogP contribution in [0.4, 0.5) is 22.0 Å². The monoisotopic (exact) mass is 537 g/mol. The molecule has 3 N–H and O–H groups in total. The van der Waals surface area contributed by atoms with Gasteiger partial charge in [-0.05, 0) is 53.8 Å². The van der Waals surface area contributed by atoms with Gasteiger partial charge >= 0.3 is 12.1 Å². The number of primary sulfonamides is 1. The average Bonchev–Trinajstić information content (AvgIpc) is 3.53. The van der Waals surface area contributed by atoms with E-state index < -0.39 is 28.7 Å². The largest absolute Gasteiger partial charge is 0.487 e. The number of hydrogen-bond donors (Lipinski definition) is 2. The van der Waals surface area contributed by atoms with Gasteiger partial charge in [0.25, 0.3) is 0 Å². The van der Waals surface area contributed by atoms with Crippen molar-refractivity contribution in [3.05, 3.63) is 78.1 Å². The average molecular weight is 538 g/mol. The predicted octanol–water partition coefficient (Wildman–Crippen LogP) is 5.72. The van der Waals surface area contributed by atoms with Crippen molar-refractivity contribution >= 4 is 21.1 Å². The molecule has 4 aromatic rings. The lowest BCUT2D eigenvalue weighted by Gasteiger charge is -2.19. The van der Waals surface area contributed by atoms with Crippen LogP contribution in [0.2, 0.25) is 0 Å². The summed E-state index contributed by atoms with van der Waals surface area (Å²) < 4.78 is 91.6. The number of aromatic nitrogens is 2. The van der Waals surface area contributed by atoms with E-state index in [0.29, 0.717) is 16.6 Å². The minimum absolute atomic E-state index is 0.0193. The normalized spacial score (nSPS) is 18.2. The lowest BCUT2D eigenvalue weighted by molar-refractivity contribution is -0.290. The first-order valence-electron chi connectivity index (χ1n) is 11.1. The first kappa shape index (κ1) is 25.2. The molecule has 0 spiro atoms. The molecular formula is C25H20F5N3O3S. The van der Waals surface area contributed by atoms with Gasteiger partial charge in [-0.1, -0.05) is 36.4 Å². The van der Waals surface area contributed by atoms with Gasteiger partial charge in [0, 0.05) is 11.5 Å². The molecule has 3 aromatic carbocycles. The highest BCUT2D eigenvalue weighted by Gasteiger charge is 2.58. The second-order valence-electron chi connectivity index (χ2n) is 8.90. The molecule has 0 radical (unpaired) electrons. The van der Waals surface area contributed by atoms with E-state index in [-0.39, 0.29) is 22.5 Å². The molecular weight excluding hydrogens is 517 g/mol. The summed E-state index contributed by atoms with van der Waals surface area (Å²) in [5.41, 5.74) is 3.43. The van der Waals surface area contributed by atoms with Crippen LogP contribution in [0.15, 0.2) is 71.6 Å². The van der Waals surface area contributed by atoms with Gasteiger partial charge in [-0.2, -0.15) is 22.0 Å². The number of nitrogens with zero attached hydrogens (tertiary/aromatic N) is 1. The molecule has 0 bridgehead atoms. The molecule has 0 aliphatic heterocycles. The maximum Gasteiger partial charge on any atom is 0.456 e. The summed E-state index contributed by atoms with van der Waals surface area (Å²) >= 11 is 0. The minimum Gasteiger partial charge on any atom is -0.487 e. The van der Waals surface area contributed by atoms with Crippen LogP contribution in [0.5, 0.6) is 5.75 Å². The minimum atomic E-state index is -5.67. The number of H-pyrrole nitrogens is 1. The van der Waals surface area contributed by atoms with Gasteiger partial charge in [-0.3, -0.25) is 0 Å². The van der Waals surface area contributed by atoms with Crippen LogP contribution in [-0.4, -0.2) is 37.1 Å². The fourth-order valence-electron chi connectivity index (χ4n) is 4.26. The number of nitrogens with two attached hydrogens (primary N) is 1. The maximum absolute atomic E-state index is 13.1. The van der Waals surface area contributed by atoms with Crippen molar-refractivity contribution in [1.29, 1.82) is 0 Å². The van der Waals surface area contributed by atoms with E-state index in [1.54, 1.807) is 48.5 Å². The highest BCUT2D eigenvalue weighted by atomic mass is 32.2. The Hall–Kier alpha value is -3.51. The highest BCUT2D eigenvalue weighted by molar-refractivity contribution is 7.89. The number of halogens is 5. The van der Waals surface area contributed by atoms with Crippen LogP contribution >= 0.6 is 0 Å². The van der Waals surface area contributed by atoms with Gasteiger partial charge in [-0.15, -0.1) is 0 Å². The van der Waals surface area contributed by atoms with E-state index in [1.807, 2.05) is 0 Å². The van der Waals surface area contributed by atoms with Crippen LogP contribution in [0, 0.1) is 0 Å². The van der Waals surface area contributed by atoms with Crippen molar-refractivity contribution in [2.75, 3.05) is 6.61 Å². The van der Waals surface area contributed by atoms with E-state index in [4.69, 9.17) is 5.14 Å². The Morgan fingerprint density at radius 3 is 2.35 bits per heavy atom. The van der Waals surface area contributed by atoms with Crippen molar-refractivity contribution < 1.29 is 35.1 Å². The molecule has 5 rings (SSSR count). The molecule has 2 atom stereocenters. The molecule has 1 aliphatic carbocycles. The summed E-state index contributed by atoms with van der Waals surface area (Å²) in [4.78, 5) is 7.94. The molecule has 1 fully saturated rings. The summed E-state index contributed by atoms with van der Waals surface area (Å²) in [6.45, 7) is -1.79. The van der Waals surface area contributed by atoms with Crippen molar-refractivity contribution in [1.82, 2.24) is 9.97 Å². The Morgan fingerprint density at radius 2 is 1.68 bits per heavy atom. The Kier molecular flexibility index (Phi) is 5.99. The molecule has 1 aliphatic rings. The third-order valence-corrected chi connectivity index (χ3v) is 7.26. The zero-order chi connectivity index (χ0) is 26.6. The molecule has 2 unspecified atom stereocenters. The van der Waals surface area contributed by atoms with Gasteiger partial charge in [0.2, 0.25) is 10.0 Å². The summed E-state index contributed by atoms with van der Waals surface area (Å²) in [5.74, 6) is -4.12. The topological polar surface area (TPSA) is 98.1 Å². The number of benzene rings is 3. The summed E-state index contributed by atoms with van der Waals surface area (Å²) in [7, 11) is -3.91. The molecule has 0 amide bonds. The summed E-state index contributed by atoms with van der Waals surface area (Å²) in [5, 5.41) is 5.36. The Balaban J connectivity index is 1.31. The third kappa shape index (κ3) is 5.03. The van der Waals surface area contributed by atoms with Gasteiger partial charge in [0.05, 0.1) is 15.9 Å². The number of ether oxygens (including phenoxy) is 1. The Bertz CT molecular complexity index is 1570. The van der Waals surface area contributed by atoms with Crippen LogP contribution in [0.25, 0.3) is 22.2 Å². The number of hydrogen-bond acceptors (Lipinski definition) is 4. The van der Waals surface area contributed by atoms with Crippen molar-refractivity contribution in [3.63, 3.8) is 0 Å². The Labute approximate surface area is 208 Å². The summed E-state index contributed by atoms with van der Waals surface area (Å²) in [6.07, 6.45) is -4.90. The van der Waals surface area contributed by atoms with E-state index in [2.05, 4.69) is 14.7 Å². The quantitative estimate of drug-likeness (QED) is 0.295. The Morgan fingerprint density at radius 1 is 0.973 bits per heavy atom. The van der Waals surface area contributed by atoms with Gasteiger partial charge in [0.15, 0.2) is 6.61 Å². The number of aromatic amines is 1. The fourth-order valence-corrected chi connectivity index (χ4v) is 5.02. The lowest BCUT2D eigenvalue weighted by atomic mass is 10.1. The summed E-state index contributed by atoms with van der Waals surface area (Å²) in [6, 6.07) is 17.8. The van der Waals surface area contributed by atoms with E-state index >= 15 is 0 Å². The highest BCUT2D eigenvalue weighted by Crippen LogP contribution is 2.54. The number of alkyl halides is 5. The van der Waals surface area contributed by atoms with E-state index in [1.165, 1.54) is 18.2 Å². The zero-order valence-corrected chi connectivity index (χ0v) is 19.8. The predicted molar refractivity (Wildman–Crippen MR) is 126 cm³/mol. The van der Waals surface area contributed by atoms with E-state index in [9.17, 15) is 30.4 Å². The van der Waals surface area contributed by atoms with Gasteiger partial charge in [0.1, 0.15) is 11.6 Å². The first-order chi connectivity index (χ1) is 17.3. The number of nitrogens with one attached hydrogen (secondary N) is 1. The number of rotatable bonds is 7. The van der Waals surface area contributed by atoms with Crippen LogP contribution in [0.1, 0.15) is 29.6 Å². The smallest absolute Gasteiger partial charge is 0.456 e. The van der Waals surface area contributed by atoms with Crippen molar-refractivity contribution in [2.24, 2.45) is 5.14 Å². The van der Waals surface area contributed by atoms with Gasteiger partial charge < -0.3 is 9.72 Å². The molecule has 12 heteroatoms. The zero-order valence-electron chi connectivity index (χ0n) is 19.0. The molecule has 6 nitrogen and oxygen atoms in total. The third-order valence-electron chi connectivity index (χ3n) is 6.29. The second kappa shape index (κ2) is 8.80. The first-order valence-corrected chi connectivity index (χ1v) is 12.7. The van der Waals surface area contributed by atoms with Crippen LogP contribution < -0.4 is 9.88 Å². The SMILES string of the molecule is NS(=O)(=O)c1ccccc1-c1ccc2nc(C3CC3c3ccc(OCC(F)(F)C(F)(F)F)cc3)[nH]c2c1. The van der Waals surface area contributed by atoms with Crippen molar-refractivity contribution in [2.45, 2.75) is 35.3 Å². The molecule has 1 saturated carbocycles. The second-order valence-corrected chi connectivity index (χ2v) is 10.4. The fraction of sp³-hybridized carbons (Fsp3) is 0.240. The molecule has 37 heavy (non-hydrogen) atoms.